The first-order valence-electron chi connectivity index (χ1n) is 7.28. The van der Waals surface area contributed by atoms with Crippen LogP contribution in [0.5, 0.6) is 0 Å². The molecule has 1 saturated heterocycles. The molecule has 0 spiro atoms. The van der Waals surface area contributed by atoms with E-state index >= 15 is 0 Å². The number of aromatic nitrogens is 1. The highest BCUT2D eigenvalue weighted by Gasteiger charge is 2.31. The van der Waals surface area contributed by atoms with Crippen LogP contribution in [-0.4, -0.2) is 37.8 Å². The van der Waals surface area contributed by atoms with Crippen molar-refractivity contribution in [3.8, 4) is 0 Å². The van der Waals surface area contributed by atoms with Crippen molar-refractivity contribution in [1.82, 2.24) is 9.29 Å². The Hall–Kier alpha value is -1.44. The highest BCUT2D eigenvalue weighted by atomic mass is 32.2. The van der Waals surface area contributed by atoms with E-state index in [1.54, 1.807) is 28.0 Å². The predicted octanol–water partition coefficient (Wildman–Crippen LogP) is 2.75. The zero-order chi connectivity index (χ0) is 15.6. The summed E-state index contributed by atoms with van der Waals surface area (Å²) in [6.45, 7) is 1.13. The number of rotatable bonds is 4. The number of hydrogen-bond donors (Lipinski definition) is 1. The van der Waals surface area contributed by atoms with Crippen LogP contribution in [0.3, 0.4) is 0 Å². The number of pyridine rings is 1. The van der Waals surface area contributed by atoms with E-state index < -0.39 is 10.0 Å². The Kier molecular flexibility index (Phi) is 4.46. The van der Waals surface area contributed by atoms with Crippen molar-refractivity contribution in [2.45, 2.75) is 23.0 Å². The van der Waals surface area contributed by atoms with E-state index in [0.29, 0.717) is 17.3 Å². The van der Waals surface area contributed by atoms with Crippen molar-refractivity contribution in [2.24, 2.45) is 0 Å². The van der Waals surface area contributed by atoms with Gasteiger partial charge in [0.1, 0.15) is 10.0 Å². The molecule has 118 valence electrons. The molecule has 3 rings (SSSR count). The molecule has 0 unspecified atom stereocenters. The quantitative estimate of drug-likeness (QED) is 0.932. The molecule has 1 N–H and O–H groups in total. The Bertz CT molecular complexity index is 729. The lowest BCUT2D eigenvalue weighted by atomic mass is 9.92. The van der Waals surface area contributed by atoms with Gasteiger partial charge >= 0.3 is 0 Å². The van der Waals surface area contributed by atoms with Gasteiger partial charge in [0.05, 0.1) is 0 Å². The third kappa shape index (κ3) is 3.02. The third-order valence-electron chi connectivity index (χ3n) is 3.98. The Morgan fingerprint density at radius 3 is 3.00 bits per heavy atom. The summed E-state index contributed by atoms with van der Waals surface area (Å²) in [5.41, 5.74) is 1.14. The van der Waals surface area contributed by atoms with E-state index in [0.717, 1.165) is 24.2 Å². The molecule has 7 heteroatoms. The number of anilines is 1. The molecule has 0 radical (unpaired) electrons. The summed E-state index contributed by atoms with van der Waals surface area (Å²) in [5.74, 6) is 1.04. The van der Waals surface area contributed by atoms with Crippen LogP contribution in [0, 0.1) is 0 Å². The third-order valence-corrected chi connectivity index (χ3v) is 7.22. The van der Waals surface area contributed by atoms with Gasteiger partial charge in [0.25, 0.3) is 10.0 Å². The van der Waals surface area contributed by atoms with Crippen LogP contribution in [0.1, 0.15) is 24.3 Å². The van der Waals surface area contributed by atoms with Gasteiger partial charge in [-0.2, -0.15) is 4.31 Å². The number of nitrogens with one attached hydrogen (secondary N) is 1. The molecule has 1 atom stereocenters. The van der Waals surface area contributed by atoms with Gasteiger partial charge < -0.3 is 5.32 Å². The largest absolute Gasteiger partial charge is 0.373 e. The first kappa shape index (κ1) is 15.5. The van der Waals surface area contributed by atoms with E-state index in [1.807, 2.05) is 19.2 Å². The fraction of sp³-hybridized carbons (Fsp3) is 0.400. The highest BCUT2D eigenvalue weighted by molar-refractivity contribution is 7.91. The molecule has 1 aliphatic rings. The van der Waals surface area contributed by atoms with E-state index in [1.165, 1.54) is 11.3 Å². The average molecular weight is 337 g/mol. The number of hydrogen-bond acceptors (Lipinski definition) is 5. The smallest absolute Gasteiger partial charge is 0.252 e. The standard InChI is InChI=1S/C15H19N3O2S2/c1-16-14-10-12(6-7-17-14)13-4-2-8-18(11-13)22(19,20)15-5-3-9-21-15/h3,5-7,9-10,13H,2,4,8,11H2,1H3,(H,16,17)/t13-/m1/s1. The lowest BCUT2D eigenvalue weighted by molar-refractivity contribution is 0.316. The minimum absolute atomic E-state index is 0.221. The van der Waals surface area contributed by atoms with E-state index in [4.69, 9.17) is 0 Å². The Morgan fingerprint density at radius 2 is 2.27 bits per heavy atom. The Labute approximate surface area is 135 Å². The molecule has 1 aliphatic heterocycles. The molecule has 22 heavy (non-hydrogen) atoms. The second-order valence-corrected chi connectivity index (χ2v) is 8.47. The fourth-order valence-electron chi connectivity index (χ4n) is 2.81. The predicted molar refractivity (Wildman–Crippen MR) is 88.8 cm³/mol. The van der Waals surface area contributed by atoms with Crippen LogP contribution in [0.4, 0.5) is 5.82 Å². The number of sulfonamides is 1. The molecule has 2 aromatic rings. The van der Waals surface area contributed by atoms with E-state index in [9.17, 15) is 8.42 Å². The van der Waals surface area contributed by atoms with Crippen molar-refractivity contribution in [3.63, 3.8) is 0 Å². The first-order chi connectivity index (χ1) is 10.6. The number of piperidine rings is 1. The molecule has 0 bridgehead atoms. The monoisotopic (exact) mass is 337 g/mol. The van der Waals surface area contributed by atoms with Gasteiger partial charge in [-0.05, 0) is 47.9 Å². The molecule has 2 aromatic heterocycles. The van der Waals surface area contributed by atoms with Crippen LogP contribution in [0.2, 0.25) is 0 Å². The lowest BCUT2D eigenvalue weighted by Gasteiger charge is -2.31. The van der Waals surface area contributed by atoms with Gasteiger partial charge in [-0.1, -0.05) is 6.07 Å². The fourth-order valence-corrected chi connectivity index (χ4v) is 5.48. The molecule has 0 aliphatic carbocycles. The van der Waals surface area contributed by atoms with Gasteiger partial charge in [-0.3, -0.25) is 0 Å². The maximum Gasteiger partial charge on any atom is 0.252 e. The molecule has 0 aromatic carbocycles. The number of nitrogens with zero attached hydrogens (tertiary/aromatic N) is 2. The van der Waals surface area contributed by atoms with Crippen LogP contribution >= 0.6 is 11.3 Å². The summed E-state index contributed by atoms with van der Waals surface area (Å²) < 4.78 is 27.4. The average Bonchev–Trinajstić information content (AvgIpc) is 3.10. The maximum absolute atomic E-state index is 12.7. The molecule has 3 heterocycles. The van der Waals surface area contributed by atoms with Crippen molar-refractivity contribution in [1.29, 1.82) is 0 Å². The number of thiophene rings is 1. The Morgan fingerprint density at radius 1 is 1.41 bits per heavy atom. The van der Waals surface area contributed by atoms with Gasteiger partial charge in [0.2, 0.25) is 0 Å². The SMILES string of the molecule is CNc1cc([C@@H]2CCCN(S(=O)(=O)c3cccs3)C2)ccn1. The van der Waals surface area contributed by atoms with Crippen LogP contribution in [0.25, 0.3) is 0 Å². The molecular weight excluding hydrogens is 318 g/mol. The minimum Gasteiger partial charge on any atom is -0.373 e. The summed E-state index contributed by atoms with van der Waals surface area (Å²) in [6, 6.07) is 7.44. The van der Waals surface area contributed by atoms with E-state index in [-0.39, 0.29) is 5.92 Å². The van der Waals surface area contributed by atoms with Crippen LogP contribution in [-0.2, 0) is 10.0 Å². The van der Waals surface area contributed by atoms with Crippen LogP contribution < -0.4 is 5.32 Å². The van der Waals surface area contributed by atoms with Crippen molar-refractivity contribution < 1.29 is 8.42 Å². The van der Waals surface area contributed by atoms with Gasteiger partial charge in [-0.25, -0.2) is 13.4 Å². The summed E-state index contributed by atoms with van der Waals surface area (Å²) >= 11 is 1.28. The molecular formula is C15H19N3O2S2. The normalized spacial score (nSPS) is 20.0. The molecule has 0 saturated carbocycles. The Balaban J connectivity index is 1.82. The summed E-state index contributed by atoms with van der Waals surface area (Å²) in [6.07, 6.45) is 3.66. The summed E-state index contributed by atoms with van der Waals surface area (Å²) in [7, 11) is -1.52. The zero-order valence-electron chi connectivity index (χ0n) is 12.4. The van der Waals surface area contributed by atoms with Crippen LogP contribution in [0.15, 0.2) is 40.1 Å². The van der Waals surface area contributed by atoms with Crippen molar-refractivity contribution in [2.75, 3.05) is 25.5 Å². The highest BCUT2D eigenvalue weighted by Crippen LogP contribution is 2.31. The maximum atomic E-state index is 12.7. The zero-order valence-corrected chi connectivity index (χ0v) is 14.0. The van der Waals surface area contributed by atoms with Gasteiger partial charge in [-0.15, -0.1) is 11.3 Å². The van der Waals surface area contributed by atoms with Crippen molar-refractivity contribution >= 4 is 27.2 Å². The molecule has 5 nitrogen and oxygen atoms in total. The second kappa shape index (κ2) is 6.36. The van der Waals surface area contributed by atoms with Gasteiger partial charge in [0.15, 0.2) is 0 Å². The topological polar surface area (TPSA) is 62.3 Å². The van der Waals surface area contributed by atoms with Gasteiger partial charge in [0, 0.05) is 26.3 Å². The molecule has 0 amide bonds. The molecule has 1 fully saturated rings. The minimum atomic E-state index is -3.35. The second-order valence-electron chi connectivity index (χ2n) is 5.36. The van der Waals surface area contributed by atoms with Crippen molar-refractivity contribution in [3.05, 3.63) is 41.4 Å². The summed E-state index contributed by atoms with van der Waals surface area (Å²) in [4.78, 5) is 4.22. The lowest BCUT2D eigenvalue weighted by Crippen LogP contribution is -2.38. The first-order valence-corrected chi connectivity index (χ1v) is 9.60. The van der Waals surface area contributed by atoms with E-state index in [2.05, 4.69) is 10.3 Å². The summed E-state index contributed by atoms with van der Waals surface area (Å²) in [5, 5.41) is 4.83.